The van der Waals surface area contributed by atoms with Crippen molar-refractivity contribution in [2.75, 3.05) is 13.1 Å². The van der Waals surface area contributed by atoms with Crippen molar-refractivity contribution in [3.05, 3.63) is 36.3 Å². The fraction of sp³-hybridized carbons (Fsp3) is 0.429. The van der Waals surface area contributed by atoms with Gasteiger partial charge >= 0.3 is 5.97 Å². The lowest BCUT2D eigenvalue weighted by Gasteiger charge is -2.29. The van der Waals surface area contributed by atoms with Crippen LogP contribution in [0, 0.1) is 5.92 Å². The zero-order valence-corrected chi connectivity index (χ0v) is 10.7. The van der Waals surface area contributed by atoms with Gasteiger partial charge in [0.15, 0.2) is 0 Å². The molecule has 1 aliphatic rings. The number of pyridine rings is 1. The van der Waals surface area contributed by atoms with E-state index in [1.54, 1.807) is 0 Å². The molecule has 2 aromatic rings. The molecule has 0 aliphatic carbocycles. The molecule has 1 fully saturated rings. The van der Waals surface area contributed by atoms with Gasteiger partial charge < -0.3 is 9.51 Å². The van der Waals surface area contributed by atoms with E-state index >= 15 is 0 Å². The van der Waals surface area contributed by atoms with Crippen LogP contribution in [-0.4, -0.2) is 38.4 Å². The summed E-state index contributed by atoms with van der Waals surface area (Å²) in [5.41, 5.74) is 1.93. The second-order valence-corrected chi connectivity index (χ2v) is 5.11. The number of rotatable bonds is 3. The molecule has 1 aliphatic heterocycles. The van der Waals surface area contributed by atoms with Crippen LogP contribution in [0.4, 0.5) is 0 Å². The van der Waals surface area contributed by atoms with Crippen LogP contribution in [0.15, 0.2) is 30.6 Å². The molecule has 1 N–H and O–H groups in total. The van der Waals surface area contributed by atoms with Crippen LogP contribution in [0.5, 0.6) is 0 Å². The Bertz CT molecular complexity index is 560. The lowest BCUT2D eigenvalue weighted by Crippen LogP contribution is -2.38. The predicted molar refractivity (Wildman–Crippen MR) is 70.8 cm³/mol. The molecule has 3 heterocycles. The van der Waals surface area contributed by atoms with Gasteiger partial charge in [-0.15, -0.1) is 0 Å². The first-order valence-electron chi connectivity index (χ1n) is 6.60. The van der Waals surface area contributed by atoms with Gasteiger partial charge in [-0.05, 0) is 31.5 Å². The number of aliphatic carboxylic acids is 1. The number of fused-ring (bicyclic) bond motifs is 1. The maximum Gasteiger partial charge on any atom is 0.307 e. The third kappa shape index (κ3) is 2.61. The van der Waals surface area contributed by atoms with E-state index in [1.807, 2.05) is 35.0 Å². The fourth-order valence-electron chi connectivity index (χ4n) is 2.69. The molecule has 0 aromatic carbocycles. The van der Waals surface area contributed by atoms with Crippen molar-refractivity contribution in [1.82, 2.24) is 14.3 Å². The van der Waals surface area contributed by atoms with Gasteiger partial charge in [0, 0.05) is 25.5 Å². The van der Waals surface area contributed by atoms with Gasteiger partial charge in [-0.3, -0.25) is 9.69 Å². The van der Waals surface area contributed by atoms with Crippen LogP contribution < -0.4 is 0 Å². The molecule has 5 nitrogen and oxygen atoms in total. The minimum absolute atomic E-state index is 0.231. The molecule has 0 radical (unpaired) electrons. The van der Waals surface area contributed by atoms with Gasteiger partial charge in [0.1, 0.15) is 5.65 Å². The molecule has 100 valence electrons. The van der Waals surface area contributed by atoms with Crippen LogP contribution >= 0.6 is 0 Å². The van der Waals surface area contributed by atoms with Crippen LogP contribution in [-0.2, 0) is 11.3 Å². The Morgan fingerprint density at radius 1 is 1.47 bits per heavy atom. The van der Waals surface area contributed by atoms with Crippen LogP contribution in [0.2, 0.25) is 0 Å². The summed E-state index contributed by atoms with van der Waals surface area (Å²) < 4.78 is 1.99. The van der Waals surface area contributed by atoms with E-state index in [0.717, 1.165) is 37.3 Å². The number of carboxylic acid groups (broad SMARTS) is 1. The quantitative estimate of drug-likeness (QED) is 0.910. The Morgan fingerprint density at radius 2 is 2.37 bits per heavy atom. The Morgan fingerprint density at radius 3 is 3.16 bits per heavy atom. The second-order valence-electron chi connectivity index (χ2n) is 5.11. The zero-order valence-electron chi connectivity index (χ0n) is 10.7. The van der Waals surface area contributed by atoms with E-state index in [0.29, 0.717) is 6.54 Å². The smallest absolute Gasteiger partial charge is 0.307 e. The molecule has 1 saturated heterocycles. The van der Waals surface area contributed by atoms with Crippen LogP contribution in [0.25, 0.3) is 5.65 Å². The number of likely N-dealkylation sites (tertiary alicyclic amines) is 1. The highest BCUT2D eigenvalue weighted by Gasteiger charge is 2.25. The summed E-state index contributed by atoms with van der Waals surface area (Å²) in [5, 5.41) is 9.09. The molecule has 0 bridgehead atoms. The minimum Gasteiger partial charge on any atom is -0.481 e. The molecule has 0 amide bonds. The number of piperidine rings is 1. The van der Waals surface area contributed by atoms with Crippen molar-refractivity contribution in [1.29, 1.82) is 0 Å². The van der Waals surface area contributed by atoms with Crippen molar-refractivity contribution >= 4 is 11.6 Å². The fourth-order valence-corrected chi connectivity index (χ4v) is 2.69. The topological polar surface area (TPSA) is 57.8 Å². The maximum absolute atomic E-state index is 11.0. The van der Waals surface area contributed by atoms with Gasteiger partial charge in [-0.1, -0.05) is 6.07 Å². The number of hydrogen-bond acceptors (Lipinski definition) is 3. The van der Waals surface area contributed by atoms with Crippen LogP contribution in [0.3, 0.4) is 0 Å². The summed E-state index contributed by atoms with van der Waals surface area (Å²) >= 11 is 0. The predicted octanol–water partition coefficient (Wildman–Crippen LogP) is 1.63. The third-order valence-electron chi connectivity index (χ3n) is 3.65. The lowest BCUT2D eigenvalue weighted by atomic mass is 9.98. The average molecular weight is 259 g/mol. The van der Waals surface area contributed by atoms with E-state index in [1.165, 1.54) is 0 Å². The first kappa shape index (κ1) is 12.2. The zero-order chi connectivity index (χ0) is 13.2. The number of carboxylic acids is 1. The molecule has 0 unspecified atom stereocenters. The Balaban J connectivity index is 1.72. The molecule has 1 atom stereocenters. The van der Waals surface area contributed by atoms with Gasteiger partial charge in [-0.25, -0.2) is 4.98 Å². The summed E-state index contributed by atoms with van der Waals surface area (Å²) in [6, 6.07) is 5.91. The van der Waals surface area contributed by atoms with Crippen LogP contribution in [0.1, 0.15) is 18.5 Å². The normalized spacial score (nSPS) is 20.7. The van der Waals surface area contributed by atoms with E-state index in [2.05, 4.69) is 9.88 Å². The molecular weight excluding hydrogens is 242 g/mol. The molecule has 19 heavy (non-hydrogen) atoms. The van der Waals surface area contributed by atoms with Gasteiger partial charge in [-0.2, -0.15) is 0 Å². The van der Waals surface area contributed by atoms with Crippen molar-refractivity contribution in [3.8, 4) is 0 Å². The number of carbonyl (C=O) groups is 1. The van der Waals surface area contributed by atoms with E-state index in [-0.39, 0.29) is 5.92 Å². The summed E-state index contributed by atoms with van der Waals surface area (Å²) in [6.07, 6.45) is 5.73. The number of hydrogen-bond donors (Lipinski definition) is 1. The maximum atomic E-state index is 11.0. The molecule has 0 spiro atoms. The summed E-state index contributed by atoms with van der Waals surface area (Å²) in [6.45, 7) is 2.31. The third-order valence-corrected chi connectivity index (χ3v) is 3.65. The van der Waals surface area contributed by atoms with E-state index < -0.39 is 5.97 Å². The van der Waals surface area contributed by atoms with Gasteiger partial charge in [0.05, 0.1) is 11.6 Å². The first-order chi connectivity index (χ1) is 9.22. The number of nitrogens with zero attached hydrogens (tertiary/aromatic N) is 3. The Hall–Kier alpha value is -1.88. The van der Waals surface area contributed by atoms with Gasteiger partial charge in [0.25, 0.3) is 0 Å². The summed E-state index contributed by atoms with van der Waals surface area (Å²) in [7, 11) is 0. The van der Waals surface area contributed by atoms with Crippen molar-refractivity contribution in [2.24, 2.45) is 5.92 Å². The lowest BCUT2D eigenvalue weighted by molar-refractivity contribution is -0.143. The standard InChI is InChI=1S/C14H17N3O2/c18-14(19)11-4-3-6-16(8-11)9-12-10-17-7-2-1-5-13(17)15-12/h1-2,5,7,10-11H,3-4,6,8-9H2,(H,18,19)/t11-/m0/s1. The SMILES string of the molecule is O=C(O)[C@H]1CCCN(Cc2cn3ccccc3n2)C1. The largest absolute Gasteiger partial charge is 0.481 e. The highest BCUT2D eigenvalue weighted by molar-refractivity contribution is 5.70. The molecule has 2 aromatic heterocycles. The van der Waals surface area contributed by atoms with Crippen molar-refractivity contribution < 1.29 is 9.90 Å². The Labute approximate surface area is 111 Å². The summed E-state index contributed by atoms with van der Waals surface area (Å²) in [5.74, 6) is -0.912. The summed E-state index contributed by atoms with van der Waals surface area (Å²) in [4.78, 5) is 17.8. The van der Waals surface area contributed by atoms with E-state index in [4.69, 9.17) is 5.11 Å². The minimum atomic E-state index is -0.681. The first-order valence-corrected chi connectivity index (χ1v) is 6.60. The van der Waals surface area contributed by atoms with Crippen molar-refractivity contribution in [3.63, 3.8) is 0 Å². The monoisotopic (exact) mass is 259 g/mol. The van der Waals surface area contributed by atoms with Crippen molar-refractivity contribution in [2.45, 2.75) is 19.4 Å². The highest BCUT2D eigenvalue weighted by atomic mass is 16.4. The second kappa shape index (κ2) is 5.01. The molecule has 5 heteroatoms. The van der Waals surface area contributed by atoms with Gasteiger partial charge in [0.2, 0.25) is 0 Å². The molecule has 0 saturated carbocycles. The van der Waals surface area contributed by atoms with E-state index in [9.17, 15) is 4.79 Å². The molecular formula is C14H17N3O2. The highest BCUT2D eigenvalue weighted by Crippen LogP contribution is 2.18. The Kier molecular flexibility index (Phi) is 3.21. The molecule has 3 rings (SSSR count). The number of aromatic nitrogens is 2. The number of imidazole rings is 1. The average Bonchev–Trinajstić information content (AvgIpc) is 2.81.